The van der Waals surface area contributed by atoms with Gasteiger partial charge in [0, 0.05) is 5.02 Å². The minimum absolute atomic E-state index is 0.342. The molecule has 3 aromatic rings. The molecule has 1 unspecified atom stereocenters. The van der Waals surface area contributed by atoms with Crippen LogP contribution in [0.25, 0.3) is 11.2 Å². The second-order valence-corrected chi connectivity index (χ2v) is 7.80. The Labute approximate surface area is 177 Å². The number of rotatable bonds is 5. The second kappa shape index (κ2) is 7.73. The highest BCUT2D eigenvalue weighted by Gasteiger charge is 2.52. The molecule has 0 aliphatic carbocycles. The number of ether oxygens (including phenoxy) is 1. The Balaban J connectivity index is 1.69. The van der Waals surface area contributed by atoms with Crippen molar-refractivity contribution in [2.45, 2.75) is 44.0 Å². The number of aliphatic hydroxyl groups is 3. The van der Waals surface area contributed by atoms with Crippen LogP contribution >= 0.6 is 11.6 Å². The lowest BCUT2D eigenvalue weighted by Gasteiger charge is -2.32. The zero-order chi connectivity index (χ0) is 21.6. The molecule has 3 heterocycles. The summed E-state index contributed by atoms with van der Waals surface area (Å²) in [6.45, 7) is 3.34. The molecule has 4 rings (SSSR count). The molecule has 4 N–H and O–H groups in total. The number of nitrogens with zero attached hydrogens (tertiary/aromatic N) is 4. The summed E-state index contributed by atoms with van der Waals surface area (Å²) in [6.07, 6.45) is -2.11. The Bertz CT molecular complexity index is 1070. The summed E-state index contributed by atoms with van der Waals surface area (Å²) in [7, 11) is 1.44. The van der Waals surface area contributed by atoms with Crippen LogP contribution in [0.1, 0.15) is 24.3 Å². The molecule has 0 spiro atoms. The van der Waals surface area contributed by atoms with Gasteiger partial charge in [0.2, 0.25) is 0 Å². The van der Waals surface area contributed by atoms with Gasteiger partial charge in [0.1, 0.15) is 30.2 Å². The van der Waals surface area contributed by atoms with Crippen LogP contribution in [0.2, 0.25) is 5.02 Å². The van der Waals surface area contributed by atoms with Crippen LogP contribution in [0.5, 0.6) is 0 Å². The van der Waals surface area contributed by atoms with Gasteiger partial charge in [-0.25, -0.2) is 20.4 Å². The zero-order valence-corrected chi connectivity index (χ0v) is 17.3. The predicted octanol–water partition coefficient (Wildman–Crippen LogP) is 1.29. The van der Waals surface area contributed by atoms with Crippen LogP contribution in [0, 0.1) is 6.92 Å². The maximum absolute atomic E-state index is 11.2. The molecule has 160 valence electrons. The fourth-order valence-electron chi connectivity index (χ4n) is 3.69. The van der Waals surface area contributed by atoms with Crippen molar-refractivity contribution in [1.29, 1.82) is 0 Å². The summed E-state index contributed by atoms with van der Waals surface area (Å²) < 4.78 is 7.44. The number of aromatic nitrogens is 4. The number of imidazole rings is 1. The van der Waals surface area contributed by atoms with Crippen molar-refractivity contribution in [3.63, 3.8) is 0 Å². The van der Waals surface area contributed by atoms with Crippen LogP contribution in [-0.4, -0.2) is 60.3 Å². The molecule has 0 bridgehead atoms. The number of hydrogen-bond acceptors (Lipinski definition) is 9. The lowest BCUT2D eigenvalue weighted by atomic mass is 9.86. The summed E-state index contributed by atoms with van der Waals surface area (Å²) in [5.74, 6) is 0.342. The lowest BCUT2D eigenvalue weighted by Crippen LogP contribution is -2.45. The van der Waals surface area contributed by atoms with Crippen molar-refractivity contribution in [1.82, 2.24) is 19.5 Å². The van der Waals surface area contributed by atoms with Gasteiger partial charge in [0.25, 0.3) is 0 Å². The molecule has 2 aromatic heterocycles. The maximum atomic E-state index is 11.2. The van der Waals surface area contributed by atoms with Crippen LogP contribution in [0.3, 0.4) is 0 Å². The van der Waals surface area contributed by atoms with E-state index in [0.29, 0.717) is 27.6 Å². The second-order valence-electron chi connectivity index (χ2n) is 7.39. The molecule has 30 heavy (non-hydrogen) atoms. The van der Waals surface area contributed by atoms with E-state index in [4.69, 9.17) is 21.2 Å². The van der Waals surface area contributed by atoms with E-state index in [0.717, 1.165) is 5.56 Å². The quantitative estimate of drug-likeness (QED) is 0.437. The van der Waals surface area contributed by atoms with Gasteiger partial charge in [-0.1, -0.05) is 23.7 Å². The average molecular weight is 436 g/mol. The number of hydrogen-bond donors (Lipinski definition) is 4. The van der Waals surface area contributed by atoms with Gasteiger partial charge in [0.15, 0.2) is 23.2 Å². The first kappa shape index (κ1) is 20.9. The smallest absolute Gasteiger partial charge is 0.181 e. The van der Waals surface area contributed by atoms with Gasteiger partial charge >= 0.3 is 0 Å². The molecular formula is C19H22ClN5O5. The molecule has 0 saturated carbocycles. The topological polar surface area (TPSA) is 135 Å². The maximum Gasteiger partial charge on any atom is 0.181 e. The molecule has 1 aliphatic heterocycles. The Hall–Kier alpha value is -2.34. The SMILES string of the molecule is CONc1ncnc2c1ncn2[C@@H]1O[C@H](C(C)(O)c2ccc(Cl)c(C)c2)[C@@H](O)[C@H]1O. The number of aryl methyl sites for hydroxylation is 1. The molecule has 1 saturated heterocycles. The first-order valence-electron chi connectivity index (χ1n) is 9.22. The van der Waals surface area contributed by atoms with E-state index in [1.54, 1.807) is 18.2 Å². The Morgan fingerprint density at radius 3 is 2.70 bits per heavy atom. The van der Waals surface area contributed by atoms with Gasteiger partial charge in [0.05, 0.1) is 13.4 Å². The molecule has 0 radical (unpaired) electrons. The van der Waals surface area contributed by atoms with Crippen LogP contribution in [0.4, 0.5) is 5.82 Å². The van der Waals surface area contributed by atoms with Gasteiger partial charge in [-0.2, -0.15) is 0 Å². The molecule has 10 nitrogen and oxygen atoms in total. The fraction of sp³-hybridized carbons (Fsp3) is 0.421. The summed E-state index contributed by atoms with van der Waals surface area (Å²) >= 11 is 6.09. The van der Waals surface area contributed by atoms with Gasteiger partial charge in [-0.15, -0.1) is 0 Å². The summed E-state index contributed by atoms with van der Waals surface area (Å²) in [5, 5.41) is 33.2. The van der Waals surface area contributed by atoms with E-state index in [9.17, 15) is 15.3 Å². The summed E-state index contributed by atoms with van der Waals surface area (Å²) in [6, 6.07) is 5.05. The summed E-state index contributed by atoms with van der Waals surface area (Å²) in [4.78, 5) is 17.4. The normalized spacial score (nSPS) is 26.1. The Kier molecular flexibility index (Phi) is 5.39. The highest BCUT2D eigenvalue weighted by molar-refractivity contribution is 6.31. The van der Waals surface area contributed by atoms with Gasteiger partial charge in [-0.3, -0.25) is 9.40 Å². The first-order valence-corrected chi connectivity index (χ1v) is 9.60. The minimum Gasteiger partial charge on any atom is -0.387 e. The Morgan fingerprint density at radius 2 is 2.00 bits per heavy atom. The van der Waals surface area contributed by atoms with Crippen LogP contribution < -0.4 is 5.48 Å². The van der Waals surface area contributed by atoms with Gasteiger partial charge in [-0.05, 0) is 31.0 Å². The van der Waals surface area contributed by atoms with E-state index in [1.807, 2.05) is 6.92 Å². The van der Waals surface area contributed by atoms with Crippen molar-refractivity contribution < 1.29 is 24.9 Å². The van der Waals surface area contributed by atoms with Crippen molar-refractivity contribution in [2.75, 3.05) is 12.6 Å². The highest BCUT2D eigenvalue weighted by Crippen LogP contribution is 2.41. The minimum atomic E-state index is -1.60. The number of benzene rings is 1. The van der Waals surface area contributed by atoms with Crippen molar-refractivity contribution in [2.24, 2.45) is 0 Å². The first-order chi connectivity index (χ1) is 14.3. The molecule has 11 heteroatoms. The molecule has 1 aromatic carbocycles. The van der Waals surface area contributed by atoms with Gasteiger partial charge < -0.3 is 20.1 Å². The monoisotopic (exact) mass is 435 g/mol. The lowest BCUT2D eigenvalue weighted by molar-refractivity contribution is -0.136. The number of anilines is 1. The third kappa shape index (κ3) is 3.31. The number of halogens is 1. The summed E-state index contributed by atoms with van der Waals surface area (Å²) in [5.41, 5.74) is 3.05. The van der Waals surface area contributed by atoms with Crippen molar-refractivity contribution >= 4 is 28.6 Å². The third-order valence-electron chi connectivity index (χ3n) is 5.37. The number of aliphatic hydroxyl groups excluding tert-OH is 2. The van der Waals surface area contributed by atoms with Crippen molar-refractivity contribution in [3.05, 3.63) is 47.0 Å². The van der Waals surface area contributed by atoms with E-state index in [2.05, 4.69) is 20.4 Å². The van der Waals surface area contributed by atoms with Crippen molar-refractivity contribution in [3.8, 4) is 0 Å². The predicted molar refractivity (Wildman–Crippen MR) is 108 cm³/mol. The zero-order valence-electron chi connectivity index (χ0n) is 16.5. The van der Waals surface area contributed by atoms with E-state index < -0.39 is 30.1 Å². The molecule has 0 amide bonds. The van der Waals surface area contributed by atoms with E-state index in [1.165, 1.54) is 31.3 Å². The molecule has 1 aliphatic rings. The van der Waals surface area contributed by atoms with E-state index in [-0.39, 0.29) is 0 Å². The fourth-order valence-corrected chi connectivity index (χ4v) is 3.80. The van der Waals surface area contributed by atoms with Crippen LogP contribution in [0.15, 0.2) is 30.9 Å². The molecule has 5 atom stereocenters. The number of nitrogens with one attached hydrogen (secondary N) is 1. The molecular weight excluding hydrogens is 414 g/mol. The number of fused-ring (bicyclic) bond motifs is 1. The largest absolute Gasteiger partial charge is 0.387 e. The third-order valence-corrected chi connectivity index (χ3v) is 5.79. The van der Waals surface area contributed by atoms with E-state index >= 15 is 0 Å². The molecule has 1 fully saturated rings. The van der Waals surface area contributed by atoms with Crippen LogP contribution in [-0.2, 0) is 15.2 Å². The average Bonchev–Trinajstić information content (AvgIpc) is 3.27. The standard InChI is InChI=1S/C19H22ClN5O5/c1-9-6-10(4-5-11(9)20)19(2,28)15-13(26)14(27)18(30-15)25-8-23-12-16(24-29-3)21-7-22-17(12)25/h4-8,13-15,18,26-28H,1-3H3,(H,21,22,24)/t13-,14+,15-,18+,19?/m0/s1. The highest BCUT2D eigenvalue weighted by atomic mass is 35.5. The Morgan fingerprint density at radius 1 is 1.23 bits per heavy atom.